The molecule has 0 N–H and O–H groups in total. The average Bonchev–Trinajstić information content (AvgIpc) is 2.35. The number of benzene rings is 1. The normalized spacial score (nSPS) is 9.71. The molecule has 1 aromatic carbocycles. The molecule has 1 heterocycles. The first-order valence-corrected chi connectivity index (χ1v) is 5.78. The second-order valence-electron chi connectivity index (χ2n) is 3.50. The van der Waals surface area contributed by atoms with Crippen LogP contribution in [0.15, 0.2) is 41.1 Å². The van der Waals surface area contributed by atoms with Crippen molar-refractivity contribution in [3.05, 3.63) is 52.3 Å². The van der Waals surface area contributed by atoms with Gasteiger partial charge in [0.15, 0.2) is 0 Å². The zero-order valence-electron chi connectivity index (χ0n) is 9.14. The van der Waals surface area contributed by atoms with Crippen molar-refractivity contribution < 1.29 is 4.74 Å². The summed E-state index contributed by atoms with van der Waals surface area (Å²) < 4.78 is 6.52. The van der Waals surface area contributed by atoms with E-state index in [9.17, 15) is 0 Å². The molecule has 0 saturated carbocycles. The van der Waals surface area contributed by atoms with E-state index in [2.05, 4.69) is 27.0 Å². The van der Waals surface area contributed by atoms with E-state index in [1.165, 1.54) is 0 Å². The van der Waals surface area contributed by atoms with Crippen LogP contribution < -0.4 is 4.74 Å². The van der Waals surface area contributed by atoms with Gasteiger partial charge in [0.25, 0.3) is 0 Å². The van der Waals surface area contributed by atoms with E-state index in [-0.39, 0.29) is 0 Å². The maximum atomic E-state index is 8.85. The molecule has 0 spiro atoms. The fourth-order valence-electron chi connectivity index (χ4n) is 1.34. The summed E-state index contributed by atoms with van der Waals surface area (Å²) in [5.41, 5.74) is 1.56. The number of hydrogen-bond donors (Lipinski definition) is 0. The number of halogens is 1. The lowest BCUT2D eigenvalue weighted by atomic mass is 10.1. The summed E-state index contributed by atoms with van der Waals surface area (Å²) in [4.78, 5) is 3.96. The van der Waals surface area contributed by atoms with Crippen LogP contribution in [0.4, 0.5) is 0 Å². The third-order valence-electron chi connectivity index (χ3n) is 2.27. The zero-order chi connectivity index (χ0) is 12.3. The molecule has 1 aromatic heterocycles. The molecule has 0 fully saturated rings. The largest absolute Gasteiger partial charge is 0.456 e. The second kappa shape index (κ2) is 4.98. The monoisotopic (exact) mass is 288 g/mol. The maximum absolute atomic E-state index is 8.85. The number of nitrogens with zero attached hydrogens (tertiary/aromatic N) is 2. The Kier molecular flexibility index (Phi) is 3.40. The minimum absolute atomic E-state index is 0.579. The Morgan fingerprint density at radius 1 is 1.29 bits per heavy atom. The van der Waals surface area contributed by atoms with Gasteiger partial charge in [0.2, 0.25) is 0 Å². The third kappa shape index (κ3) is 2.63. The topological polar surface area (TPSA) is 45.9 Å². The molecular weight excluding hydrogens is 280 g/mol. The Bertz CT molecular complexity index is 590. The van der Waals surface area contributed by atoms with Crippen molar-refractivity contribution in [3.8, 4) is 17.6 Å². The Balaban J connectivity index is 2.37. The lowest BCUT2D eigenvalue weighted by Crippen LogP contribution is -1.90. The minimum Gasteiger partial charge on any atom is -0.456 e. The quantitative estimate of drug-likeness (QED) is 0.844. The molecule has 3 nitrogen and oxygen atoms in total. The van der Waals surface area contributed by atoms with Gasteiger partial charge in [0, 0.05) is 18.5 Å². The summed E-state index contributed by atoms with van der Waals surface area (Å²) in [7, 11) is 0. The van der Waals surface area contributed by atoms with Gasteiger partial charge >= 0.3 is 0 Å². The van der Waals surface area contributed by atoms with Gasteiger partial charge in [-0.05, 0) is 40.5 Å². The van der Waals surface area contributed by atoms with Crippen molar-refractivity contribution in [1.82, 2.24) is 4.98 Å². The first kappa shape index (κ1) is 11.6. The molecule has 0 aliphatic carbocycles. The first-order valence-electron chi connectivity index (χ1n) is 4.99. The van der Waals surface area contributed by atoms with Crippen molar-refractivity contribution >= 4 is 15.9 Å². The van der Waals surface area contributed by atoms with Crippen LogP contribution in [0.25, 0.3) is 0 Å². The van der Waals surface area contributed by atoms with Crippen LogP contribution in [0.5, 0.6) is 11.5 Å². The van der Waals surface area contributed by atoms with Gasteiger partial charge in [-0.25, -0.2) is 0 Å². The first-order chi connectivity index (χ1) is 8.20. The van der Waals surface area contributed by atoms with E-state index in [1.54, 1.807) is 30.6 Å². The Morgan fingerprint density at radius 3 is 2.82 bits per heavy atom. The summed E-state index contributed by atoms with van der Waals surface area (Å²) >= 11 is 3.36. The number of aromatic nitrogens is 1. The van der Waals surface area contributed by atoms with Gasteiger partial charge in [0.1, 0.15) is 11.5 Å². The molecule has 2 aromatic rings. The van der Waals surface area contributed by atoms with E-state index >= 15 is 0 Å². The van der Waals surface area contributed by atoms with Gasteiger partial charge in [-0.2, -0.15) is 5.26 Å². The number of pyridine rings is 1. The number of nitriles is 1. The number of ether oxygens (including phenoxy) is 1. The predicted octanol–water partition coefficient (Wildman–Crippen LogP) is 3.82. The smallest absolute Gasteiger partial charge is 0.144 e. The molecule has 4 heteroatoms. The molecule has 0 amide bonds. The Hall–Kier alpha value is -1.86. The molecule has 0 bridgehead atoms. The summed E-state index contributed by atoms with van der Waals surface area (Å²) in [5.74, 6) is 1.36. The molecular formula is C13H9BrN2O. The van der Waals surface area contributed by atoms with Crippen LogP contribution >= 0.6 is 15.9 Å². The highest BCUT2D eigenvalue weighted by Gasteiger charge is 2.05. The number of aryl methyl sites for hydroxylation is 1. The van der Waals surface area contributed by atoms with Gasteiger partial charge in [-0.15, -0.1) is 0 Å². The second-order valence-corrected chi connectivity index (χ2v) is 4.35. The maximum Gasteiger partial charge on any atom is 0.144 e. The Labute approximate surface area is 108 Å². The molecule has 0 aliphatic heterocycles. The van der Waals surface area contributed by atoms with Gasteiger partial charge in [-0.3, -0.25) is 4.98 Å². The van der Waals surface area contributed by atoms with Crippen LogP contribution in [0, 0.1) is 18.3 Å². The minimum atomic E-state index is 0.579. The van der Waals surface area contributed by atoms with E-state index in [0.717, 1.165) is 10.0 Å². The van der Waals surface area contributed by atoms with Crippen molar-refractivity contribution in [1.29, 1.82) is 5.26 Å². The van der Waals surface area contributed by atoms with Gasteiger partial charge in [0.05, 0.1) is 16.1 Å². The third-order valence-corrected chi connectivity index (χ3v) is 2.87. The van der Waals surface area contributed by atoms with Crippen molar-refractivity contribution in [2.45, 2.75) is 6.92 Å². The molecule has 0 radical (unpaired) electrons. The highest BCUT2D eigenvalue weighted by molar-refractivity contribution is 9.10. The summed E-state index contributed by atoms with van der Waals surface area (Å²) in [6.07, 6.45) is 3.32. The molecule has 0 saturated heterocycles. The predicted molar refractivity (Wildman–Crippen MR) is 67.9 cm³/mol. The average molecular weight is 289 g/mol. The molecule has 2 rings (SSSR count). The highest BCUT2D eigenvalue weighted by Crippen LogP contribution is 2.30. The van der Waals surface area contributed by atoms with Crippen molar-refractivity contribution in [2.24, 2.45) is 0 Å². The summed E-state index contributed by atoms with van der Waals surface area (Å²) in [6, 6.07) is 9.21. The fourth-order valence-corrected chi connectivity index (χ4v) is 1.67. The summed E-state index contributed by atoms with van der Waals surface area (Å²) in [6.45, 7) is 1.94. The van der Waals surface area contributed by atoms with Crippen LogP contribution in [0.3, 0.4) is 0 Å². The van der Waals surface area contributed by atoms with E-state index in [4.69, 9.17) is 10.00 Å². The molecule has 84 valence electrons. The standard InChI is InChI=1S/C13H9BrN2O/c1-9-2-3-10(7-15)6-13(9)17-12-4-5-16-8-11(12)14/h2-6,8H,1H3. The van der Waals surface area contributed by atoms with Crippen LogP contribution in [0.1, 0.15) is 11.1 Å². The lowest BCUT2D eigenvalue weighted by Gasteiger charge is -2.09. The van der Waals surface area contributed by atoms with E-state index in [1.807, 2.05) is 13.0 Å². The van der Waals surface area contributed by atoms with E-state index in [0.29, 0.717) is 17.1 Å². The highest BCUT2D eigenvalue weighted by atomic mass is 79.9. The van der Waals surface area contributed by atoms with Gasteiger partial charge in [-0.1, -0.05) is 6.07 Å². The number of rotatable bonds is 2. The van der Waals surface area contributed by atoms with Crippen molar-refractivity contribution in [3.63, 3.8) is 0 Å². The molecule has 0 unspecified atom stereocenters. The van der Waals surface area contributed by atoms with Crippen LogP contribution in [0.2, 0.25) is 0 Å². The van der Waals surface area contributed by atoms with Gasteiger partial charge < -0.3 is 4.74 Å². The SMILES string of the molecule is Cc1ccc(C#N)cc1Oc1ccncc1Br. The van der Waals surface area contributed by atoms with Crippen molar-refractivity contribution in [2.75, 3.05) is 0 Å². The lowest BCUT2D eigenvalue weighted by molar-refractivity contribution is 0.475. The zero-order valence-corrected chi connectivity index (χ0v) is 10.7. The van der Waals surface area contributed by atoms with Crippen LogP contribution in [-0.2, 0) is 0 Å². The fraction of sp³-hybridized carbons (Fsp3) is 0.0769. The molecule has 0 atom stereocenters. The van der Waals surface area contributed by atoms with Crippen LogP contribution in [-0.4, -0.2) is 4.98 Å². The number of hydrogen-bond acceptors (Lipinski definition) is 3. The Morgan fingerprint density at radius 2 is 2.12 bits per heavy atom. The van der Waals surface area contributed by atoms with E-state index < -0.39 is 0 Å². The summed E-state index contributed by atoms with van der Waals surface area (Å²) in [5, 5.41) is 8.85. The molecule has 17 heavy (non-hydrogen) atoms. The molecule has 0 aliphatic rings.